The van der Waals surface area contributed by atoms with Crippen molar-refractivity contribution in [3.63, 3.8) is 0 Å². The molecule has 2 aromatic rings. The number of carbonyl (C=O) groups is 3. The van der Waals surface area contributed by atoms with E-state index < -0.39 is 12.1 Å². The zero-order valence-corrected chi connectivity index (χ0v) is 17.7. The van der Waals surface area contributed by atoms with E-state index in [0.29, 0.717) is 12.0 Å². The second-order valence-electron chi connectivity index (χ2n) is 7.73. The highest BCUT2D eigenvalue weighted by atomic mass is 16.4. The summed E-state index contributed by atoms with van der Waals surface area (Å²) in [6, 6.07) is 15.7. The van der Waals surface area contributed by atoms with Crippen LogP contribution in [-0.4, -0.2) is 47.5 Å². The van der Waals surface area contributed by atoms with Crippen LogP contribution < -0.4 is 21.7 Å². The Kier molecular flexibility index (Phi) is 7.56. The molecule has 168 valence electrons. The number of nitrogens with zero attached hydrogens (tertiary/aromatic N) is 1. The molecular weight excluding hydrogens is 410 g/mol. The van der Waals surface area contributed by atoms with E-state index in [4.69, 9.17) is 10.8 Å². The SMILES string of the molecule is CC(NC(=O)[C@H]1C[C@H](c2ccccc2)CN1)C(=O)NCc1ccc(C(N)=NC(=O)O)cc1. The molecule has 3 amide bonds. The monoisotopic (exact) mass is 437 g/mol. The van der Waals surface area contributed by atoms with Gasteiger partial charge in [-0.3, -0.25) is 9.59 Å². The highest BCUT2D eigenvalue weighted by Crippen LogP contribution is 2.25. The third-order valence-corrected chi connectivity index (χ3v) is 5.40. The van der Waals surface area contributed by atoms with Crippen LogP contribution in [0.2, 0.25) is 0 Å². The molecule has 0 saturated carbocycles. The first-order valence-electron chi connectivity index (χ1n) is 10.4. The van der Waals surface area contributed by atoms with Gasteiger partial charge in [0.15, 0.2) is 0 Å². The van der Waals surface area contributed by atoms with Crippen molar-refractivity contribution in [2.24, 2.45) is 10.7 Å². The van der Waals surface area contributed by atoms with Gasteiger partial charge in [-0.25, -0.2) is 4.79 Å². The molecule has 32 heavy (non-hydrogen) atoms. The van der Waals surface area contributed by atoms with Gasteiger partial charge in [0.2, 0.25) is 11.8 Å². The van der Waals surface area contributed by atoms with Gasteiger partial charge in [0.25, 0.3) is 0 Å². The number of hydrogen-bond donors (Lipinski definition) is 5. The van der Waals surface area contributed by atoms with Crippen LogP contribution in [-0.2, 0) is 16.1 Å². The molecule has 6 N–H and O–H groups in total. The van der Waals surface area contributed by atoms with E-state index in [2.05, 4.69) is 33.1 Å². The highest BCUT2D eigenvalue weighted by molar-refractivity contribution is 6.02. The number of aliphatic imine (C=N–C) groups is 1. The van der Waals surface area contributed by atoms with Crippen molar-refractivity contribution in [3.05, 3.63) is 71.3 Å². The van der Waals surface area contributed by atoms with Gasteiger partial charge in [0.1, 0.15) is 11.9 Å². The van der Waals surface area contributed by atoms with Crippen LogP contribution in [0.15, 0.2) is 59.6 Å². The summed E-state index contributed by atoms with van der Waals surface area (Å²) in [5.41, 5.74) is 8.07. The summed E-state index contributed by atoms with van der Waals surface area (Å²) in [5, 5.41) is 17.4. The Morgan fingerprint density at radius 1 is 1.16 bits per heavy atom. The third kappa shape index (κ3) is 6.14. The second-order valence-corrected chi connectivity index (χ2v) is 7.73. The predicted octanol–water partition coefficient (Wildman–Crippen LogP) is 1.34. The average Bonchev–Trinajstić information content (AvgIpc) is 3.28. The first-order valence-corrected chi connectivity index (χ1v) is 10.4. The highest BCUT2D eigenvalue weighted by Gasteiger charge is 2.31. The van der Waals surface area contributed by atoms with Crippen molar-refractivity contribution in [1.29, 1.82) is 0 Å². The minimum atomic E-state index is -1.36. The average molecular weight is 438 g/mol. The molecule has 9 heteroatoms. The zero-order valence-electron chi connectivity index (χ0n) is 17.7. The second kappa shape index (κ2) is 10.5. The fraction of sp³-hybridized carbons (Fsp3) is 0.304. The lowest BCUT2D eigenvalue weighted by molar-refractivity contribution is -0.129. The van der Waals surface area contributed by atoms with Gasteiger partial charge in [-0.2, -0.15) is 4.99 Å². The summed E-state index contributed by atoms with van der Waals surface area (Å²) in [7, 11) is 0. The van der Waals surface area contributed by atoms with Gasteiger partial charge < -0.3 is 26.8 Å². The summed E-state index contributed by atoms with van der Waals surface area (Å²) < 4.78 is 0. The number of benzene rings is 2. The topological polar surface area (TPSA) is 146 Å². The lowest BCUT2D eigenvalue weighted by Gasteiger charge is -2.17. The van der Waals surface area contributed by atoms with Crippen molar-refractivity contribution in [2.45, 2.75) is 37.9 Å². The van der Waals surface area contributed by atoms with E-state index in [0.717, 1.165) is 12.1 Å². The maximum atomic E-state index is 12.6. The number of carboxylic acid groups (broad SMARTS) is 1. The smallest absolute Gasteiger partial charge is 0.433 e. The van der Waals surface area contributed by atoms with Crippen LogP contribution in [0.25, 0.3) is 0 Å². The van der Waals surface area contributed by atoms with Crippen molar-refractivity contribution in [1.82, 2.24) is 16.0 Å². The molecule has 2 aromatic carbocycles. The largest absolute Gasteiger partial charge is 0.463 e. The minimum absolute atomic E-state index is 0.0977. The first-order chi connectivity index (χ1) is 15.3. The van der Waals surface area contributed by atoms with Crippen LogP contribution in [0, 0.1) is 0 Å². The van der Waals surface area contributed by atoms with Crippen molar-refractivity contribution < 1.29 is 19.5 Å². The van der Waals surface area contributed by atoms with Crippen molar-refractivity contribution in [3.8, 4) is 0 Å². The number of amides is 3. The molecule has 1 unspecified atom stereocenters. The maximum absolute atomic E-state index is 12.6. The maximum Gasteiger partial charge on any atom is 0.433 e. The van der Waals surface area contributed by atoms with E-state index in [9.17, 15) is 14.4 Å². The standard InChI is InChI=1S/C23H27N5O4/c1-14(27-22(30)19-11-18(13-25-19)16-5-3-2-4-6-16)21(29)26-12-15-7-9-17(10-8-15)20(24)28-23(31)32/h2-10,14,18-19,25H,11-13H2,1H3,(H2,24,28)(H,26,29)(H,27,30)(H,31,32)/t14?,18-,19+/m0/s1. The summed E-state index contributed by atoms with van der Waals surface area (Å²) in [4.78, 5) is 38.8. The molecule has 0 aromatic heterocycles. The summed E-state index contributed by atoms with van der Waals surface area (Å²) >= 11 is 0. The Balaban J connectivity index is 1.46. The molecule has 0 spiro atoms. The molecule has 1 aliphatic heterocycles. The quantitative estimate of drug-likeness (QED) is 0.326. The molecule has 3 atom stereocenters. The lowest BCUT2D eigenvalue weighted by atomic mass is 9.96. The third-order valence-electron chi connectivity index (χ3n) is 5.40. The number of carbonyl (C=O) groups excluding carboxylic acids is 2. The predicted molar refractivity (Wildman–Crippen MR) is 120 cm³/mol. The molecule has 0 aliphatic carbocycles. The van der Waals surface area contributed by atoms with E-state index in [1.54, 1.807) is 31.2 Å². The normalized spacial score (nSPS) is 19.2. The van der Waals surface area contributed by atoms with Crippen LogP contribution in [0.4, 0.5) is 4.79 Å². The van der Waals surface area contributed by atoms with E-state index in [1.165, 1.54) is 5.56 Å². The van der Waals surface area contributed by atoms with Crippen LogP contribution >= 0.6 is 0 Å². The summed E-state index contributed by atoms with van der Waals surface area (Å²) in [5.74, 6) is -0.316. The molecule has 1 heterocycles. The summed E-state index contributed by atoms with van der Waals surface area (Å²) in [6.07, 6.45) is -0.677. The number of rotatable bonds is 7. The lowest BCUT2D eigenvalue weighted by Crippen LogP contribution is -2.49. The van der Waals surface area contributed by atoms with Crippen molar-refractivity contribution >= 4 is 23.7 Å². The molecule has 0 radical (unpaired) electrons. The van der Waals surface area contributed by atoms with Crippen LogP contribution in [0.5, 0.6) is 0 Å². The van der Waals surface area contributed by atoms with E-state index in [1.807, 2.05) is 18.2 Å². The molecule has 1 saturated heterocycles. The number of nitrogens with one attached hydrogen (secondary N) is 3. The zero-order chi connectivity index (χ0) is 23.1. The molecule has 9 nitrogen and oxygen atoms in total. The molecule has 1 aliphatic rings. The van der Waals surface area contributed by atoms with Gasteiger partial charge in [-0.05, 0) is 30.4 Å². The Labute approximate surface area is 186 Å². The fourth-order valence-electron chi connectivity index (χ4n) is 3.60. The van der Waals surface area contributed by atoms with E-state index in [-0.39, 0.29) is 36.2 Å². The fourth-order valence-corrected chi connectivity index (χ4v) is 3.60. The summed E-state index contributed by atoms with van der Waals surface area (Å²) in [6.45, 7) is 2.62. The molecule has 3 rings (SSSR count). The van der Waals surface area contributed by atoms with E-state index >= 15 is 0 Å². The number of amidine groups is 1. The van der Waals surface area contributed by atoms with Gasteiger partial charge >= 0.3 is 6.09 Å². The Morgan fingerprint density at radius 2 is 1.84 bits per heavy atom. The molecule has 0 bridgehead atoms. The Hall–Kier alpha value is -3.72. The first kappa shape index (κ1) is 23.0. The van der Waals surface area contributed by atoms with Gasteiger partial charge in [-0.1, -0.05) is 54.6 Å². The minimum Gasteiger partial charge on any atom is -0.463 e. The molecule has 1 fully saturated rings. The van der Waals surface area contributed by atoms with Gasteiger partial charge in [0, 0.05) is 18.7 Å². The Morgan fingerprint density at radius 3 is 2.50 bits per heavy atom. The van der Waals surface area contributed by atoms with Gasteiger partial charge in [0.05, 0.1) is 6.04 Å². The van der Waals surface area contributed by atoms with Crippen LogP contribution in [0.3, 0.4) is 0 Å². The molecular formula is C23H27N5O4. The number of nitrogens with two attached hydrogens (primary N) is 1. The van der Waals surface area contributed by atoms with Crippen LogP contribution in [0.1, 0.15) is 36.0 Å². The number of hydrogen-bond acceptors (Lipinski definition) is 4. The Bertz CT molecular complexity index is 991. The van der Waals surface area contributed by atoms with Gasteiger partial charge in [-0.15, -0.1) is 0 Å². The van der Waals surface area contributed by atoms with Crippen molar-refractivity contribution in [2.75, 3.05) is 6.54 Å².